The minimum Gasteiger partial charge on any atom is -0.192 e. The summed E-state index contributed by atoms with van der Waals surface area (Å²) in [6.45, 7) is 2.40. The van der Waals surface area contributed by atoms with Crippen molar-refractivity contribution in [3.63, 3.8) is 0 Å². The first-order valence-electron chi connectivity index (χ1n) is 10.4. The van der Waals surface area contributed by atoms with Crippen LogP contribution in [0.25, 0.3) is 0 Å². The second-order valence-electron chi connectivity index (χ2n) is 8.48. The Morgan fingerprint density at radius 1 is 0.960 bits per heavy atom. The van der Waals surface area contributed by atoms with E-state index in [2.05, 4.69) is 37.3 Å². The van der Waals surface area contributed by atoms with Gasteiger partial charge in [0, 0.05) is 0 Å². The Bertz CT molecular complexity index is 576. The summed E-state index contributed by atoms with van der Waals surface area (Å²) in [5.41, 5.74) is 2.21. The number of rotatable bonds is 5. The van der Waals surface area contributed by atoms with Crippen molar-refractivity contribution in [2.24, 2.45) is 17.8 Å². The summed E-state index contributed by atoms with van der Waals surface area (Å²) in [7, 11) is 0. The fourth-order valence-electron chi connectivity index (χ4n) is 4.71. The topological polar surface area (TPSA) is 23.8 Å². The van der Waals surface area contributed by atoms with Gasteiger partial charge in [-0.25, -0.2) is 0 Å². The lowest BCUT2D eigenvalue weighted by Crippen LogP contribution is -2.13. The molecule has 3 rings (SSSR count). The lowest BCUT2D eigenvalue weighted by atomic mass is 9.77. The van der Waals surface area contributed by atoms with Gasteiger partial charge in [0.05, 0.1) is 11.6 Å². The molecular weight excluding hydrogens is 302 g/mol. The Morgan fingerprint density at radius 3 is 2.28 bits per heavy atom. The third-order valence-corrected chi connectivity index (χ3v) is 6.57. The highest BCUT2D eigenvalue weighted by atomic mass is 14.3. The molecule has 1 heteroatoms. The van der Waals surface area contributed by atoms with E-state index >= 15 is 0 Å². The predicted molar refractivity (Wildman–Crippen MR) is 105 cm³/mol. The van der Waals surface area contributed by atoms with Crippen LogP contribution >= 0.6 is 0 Å². The SMILES string of the molecule is CC1CCC(/C=C/CCC2CCC(c3ccc(C#N)cc3)CC2)CC1. The molecule has 2 saturated carbocycles. The first kappa shape index (κ1) is 18.2. The molecule has 0 unspecified atom stereocenters. The highest BCUT2D eigenvalue weighted by Gasteiger charge is 2.22. The maximum absolute atomic E-state index is 8.92. The maximum Gasteiger partial charge on any atom is 0.0991 e. The molecule has 0 atom stereocenters. The van der Waals surface area contributed by atoms with Crippen LogP contribution in [0.15, 0.2) is 36.4 Å². The van der Waals surface area contributed by atoms with Crippen LogP contribution in [0, 0.1) is 29.1 Å². The van der Waals surface area contributed by atoms with Gasteiger partial charge in [-0.2, -0.15) is 5.26 Å². The lowest BCUT2D eigenvalue weighted by molar-refractivity contribution is 0.310. The van der Waals surface area contributed by atoms with Gasteiger partial charge in [0.25, 0.3) is 0 Å². The molecule has 1 nitrogen and oxygen atoms in total. The molecule has 2 aliphatic carbocycles. The average molecular weight is 336 g/mol. The smallest absolute Gasteiger partial charge is 0.0991 e. The zero-order valence-corrected chi connectivity index (χ0v) is 15.8. The Labute approximate surface area is 154 Å². The van der Waals surface area contributed by atoms with Crippen LogP contribution in [-0.4, -0.2) is 0 Å². The third kappa shape index (κ3) is 5.46. The van der Waals surface area contributed by atoms with Gasteiger partial charge < -0.3 is 0 Å². The summed E-state index contributed by atoms with van der Waals surface area (Å²) in [6.07, 6.45) is 18.7. The van der Waals surface area contributed by atoms with Gasteiger partial charge in [0.2, 0.25) is 0 Å². The van der Waals surface area contributed by atoms with E-state index in [-0.39, 0.29) is 0 Å². The van der Waals surface area contributed by atoms with Gasteiger partial charge in [0.1, 0.15) is 0 Å². The van der Waals surface area contributed by atoms with Gasteiger partial charge >= 0.3 is 0 Å². The zero-order chi connectivity index (χ0) is 17.5. The van der Waals surface area contributed by atoms with Gasteiger partial charge in [-0.1, -0.05) is 44.1 Å². The molecule has 0 amide bonds. The van der Waals surface area contributed by atoms with Crippen LogP contribution in [-0.2, 0) is 0 Å². The van der Waals surface area contributed by atoms with E-state index in [9.17, 15) is 0 Å². The molecule has 25 heavy (non-hydrogen) atoms. The minimum atomic E-state index is 0.712. The quantitative estimate of drug-likeness (QED) is 0.532. The van der Waals surface area contributed by atoms with E-state index in [1.165, 1.54) is 69.8 Å². The summed E-state index contributed by atoms with van der Waals surface area (Å²) in [5, 5.41) is 8.92. The van der Waals surface area contributed by atoms with E-state index in [0.29, 0.717) is 5.92 Å². The molecule has 2 aliphatic rings. The molecule has 134 valence electrons. The molecule has 0 spiro atoms. The number of allylic oxidation sites excluding steroid dienone is 2. The van der Waals surface area contributed by atoms with E-state index in [4.69, 9.17) is 5.26 Å². The number of benzene rings is 1. The van der Waals surface area contributed by atoms with Gasteiger partial charge in [-0.15, -0.1) is 0 Å². The zero-order valence-electron chi connectivity index (χ0n) is 15.8. The van der Waals surface area contributed by atoms with Crippen LogP contribution in [0.3, 0.4) is 0 Å². The first-order valence-corrected chi connectivity index (χ1v) is 10.4. The third-order valence-electron chi connectivity index (χ3n) is 6.57. The van der Waals surface area contributed by atoms with Crippen LogP contribution in [0.5, 0.6) is 0 Å². The second-order valence-corrected chi connectivity index (χ2v) is 8.48. The minimum absolute atomic E-state index is 0.712. The summed E-state index contributed by atoms with van der Waals surface area (Å²) >= 11 is 0. The number of nitrogens with zero attached hydrogens (tertiary/aromatic N) is 1. The monoisotopic (exact) mass is 335 g/mol. The van der Waals surface area contributed by atoms with Crippen LogP contribution in [0.4, 0.5) is 0 Å². The van der Waals surface area contributed by atoms with Crippen molar-refractivity contribution in [3.05, 3.63) is 47.5 Å². The highest BCUT2D eigenvalue weighted by Crippen LogP contribution is 2.37. The van der Waals surface area contributed by atoms with E-state index < -0.39 is 0 Å². The van der Waals surface area contributed by atoms with Gasteiger partial charge in [0.15, 0.2) is 0 Å². The molecule has 0 saturated heterocycles. The van der Waals surface area contributed by atoms with Crippen molar-refractivity contribution < 1.29 is 0 Å². The maximum atomic E-state index is 8.92. The van der Waals surface area contributed by atoms with Crippen molar-refractivity contribution >= 4 is 0 Å². The predicted octanol–water partition coefficient (Wildman–Crippen LogP) is 6.99. The second kappa shape index (κ2) is 9.23. The molecular formula is C24H33N. The Kier molecular flexibility index (Phi) is 6.74. The highest BCUT2D eigenvalue weighted by molar-refractivity contribution is 5.33. The molecule has 0 heterocycles. The van der Waals surface area contributed by atoms with E-state index in [1.807, 2.05) is 12.1 Å². The summed E-state index contributed by atoms with van der Waals surface area (Å²) < 4.78 is 0. The molecule has 0 radical (unpaired) electrons. The summed E-state index contributed by atoms with van der Waals surface area (Å²) in [4.78, 5) is 0. The Hall–Kier alpha value is -1.55. The fraction of sp³-hybridized carbons (Fsp3) is 0.625. The molecule has 0 aromatic heterocycles. The largest absolute Gasteiger partial charge is 0.192 e. The van der Waals surface area contributed by atoms with Crippen LogP contribution < -0.4 is 0 Å². The van der Waals surface area contributed by atoms with E-state index in [0.717, 1.165) is 23.3 Å². The van der Waals surface area contributed by atoms with Crippen molar-refractivity contribution in [2.75, 3.05) is 0 Å². The number of nitriles is 1. The van der Waals surface area contributed by atoms with Crippen molar-refractivity contribution in [3.8, 4) is 6.07 Å². The fourth-order valence-corrected chi connectivity index (χ4v) is 4.71. The molecule has 0 bridgehead atoms. The standard InChI is InChI=1S/C24H33N/c1-19-6-8-20(9-7-19)4-2-3-5-21-10-14-23(15-11-21)24-16-12-22(18-25)13-17-24/h2,4,12-13,16-17,19-21,23H,3,5-11,14-15H2,1H3/b4-2+. The summed E-state index contributed by atoms with van der Waals surface area (Å²) in [5.74, 6) is 3.45. The van der Waals surface area contributed by atoms with Crippen molar-refractivity contribution in [1.29, 1.82) is 5.26 Å². The van der Waals surface area contributed by atoms with E-state index in [1.54, 1.807) is 0 Å². The van der Waals surface area contributed by atoms with Crippen LogP contribution in [0.2, 0.25) is 0 Å². The first-order chi connectivity index (χ1) is 12.2. The van der Waals surface area contributed by atoms with Crippen molar-refractivity contribution in [2.45, 2.75) is 77.0 Å². The molecule has 0 N–H and O–H groups in total. The lowest BCUT2D eigenvalue weighted by Gasteiger charge is -2.28. The molecule has 2 fully saturated rings. The number of hydrogen-bond donors (Lipinski definition) is 0. The van der Waals surface area contributed by atoms with Gasteiger partial charge in [-0.3, -0.25) is 0 Å². The Balaban J connectivity index is 1.35. The molecule has 0 aliphatic heterocycles. The summed E-state index contributed by atoms with van der Waals surface area (Å²) in [6, 6.07) is 10.5. The average Bonchev–Trinajstić information content (AvgIpc) is 2.67. The normalized spacial score (nSPS) is 30.2. The molecule has 1 aromatic rings. The van der Waals surface area contributed by atoms with Gasteiger partial charge in [-0.05, 0) is 92.7 Å². The van der Waals surface area contributed by atoms with Crippen LogP contribution in [0.1, 0.15) is 88.2 Å². The van der Waals surface area contributed by atoms with Crippen molar-refractivity contribution in [1.82, 2.24) is 0 Å². The Morgan fingerprint density at radius 2 is 1.64 bits per heavy atom. The molecule has 1 aromatic carbocycles. The number of hydrogen-bond acceptors (Lipinski definition) is 1.